The Labute approximate surface area is 122 Å². The Balaban J connectivity index is 0.00000106. The predicted molar refractivity (Wildman–Crippen MR) is 77.6 cm³/mol. The third-order valence-electron chi connectivity index (χ3n) is 3.15. The number of nitrogens with zero attached hydrogens (tertiary/aromatic N) is 3. The van der Waals surface area contributed by atoms with Crippen molar-refractivity contribution >= 4 is 5.82 Å². The van der Waals surface area contributed by atoms with Crippen molar-refractivity contribution in [2.45, 2.75) is 32.6 Å². The van der Waals surface area contributed by atoms with Crippen LogP contribution in [0.15, 0.2) is 42.9 Å². The molecule has 1 aromatic heterocycles. The average Bonchev–Trinajstić information content (AvgIpc) is 2.99. The van der Waals surface area contributed by atoms with Crippen LogP contribution in [0.2, 0.25) is 0 Å². The van der Waals surface area contributed by atoms with Crippen LogP contribution in [0.1, 0.15) is 26.3 Å². The molecule has 0 saturated carbocycles. The van der Waals surface area contributed by atoms with E-state index in [1.165, 1.54) is 17.1 Å². The minimum absolute atomic E-state index is 0.345. The van der Waals surface area contributed by atoms with Gasteiger partial charge in [-0.15, -0.1) is 0 Å². The first-order chi connectivity index (χ1) is 9.96. The summed E-state index contributed by atoms with van der Waals surface area (Å²) in [6.45, 7) is 5.57. The molecule has 0 unspecified atom stereocenters. The van der Waals surface area contributed by atoms with Crippen molar-refractivity contribution in [3.8, 4) is 0 Å². The predicted octanol–water partition coefficient (Wildman–Crippen LogP) is 1.89. The largest absolute Gasteiger partial charge is 0.381 e. The molecule has 0 saturated heterocycles. The molecule has 7 heteroatoms. The molecule has 0 bridgehead atoms. The van der Waals surface area contributed by atoms with Crippen LogP contribution in [0.3, 0.4) is 0 Å². The Morgan fingerprint density at radius 3 is 2.29 bits per heavy atom. The first kappa shape index (κ1) is 16.8. The quantitative estimate of drug-likeness (QED) is 0.509. The number of aromatic nitrogens is 2. The van der Waals surface area contributed by atoms with Crippen LogP contribution in [0.5, 0.6) is 0 Å². The average molecular weight is 293 g/mol. The van der Waals surface area contributed by atoms with Crippen LogP contribution in [-0.2, 0) is 5.54 Å². The molecule has 1 atom stereocenters. The van der Waals surface area contributed by atoms with Gasteiger partial charge in [-0.25, -0.2) is 0 Å². The molecule has 114 valence electrons. The maximum Gasteiger partial charge on any atom is 0.381 e. The number of rotatable bonds is 4. The molecule has 0 fully saturated rings. The van der Waals surface area contributed by atoms with Crippen molar-refractivity contribution in [1.29, 1.82) is 0 Å². The highest BCUT2D eigenvalue weighted by atomic mass is 16.6. The van der Waals surface area contributed by atoms with Gasteiger partial charge in [0, 0.05) is 0 Å². The van der Waals surface area contributed by atoms with Gasteiger partial charge in [0.05, 0.1) is 0 Å². The van der Waals surface area contributed by atoms with Gasteiger partial charge in [-0.3, -0.25) is 4.57 Å². The van der Waals surface area contributed by atoms with Gasteiger partial charge >= 0.3 is 5.82 Å². The molecular formula is C14H19N3O4. The standard InChI is InChI=1S/C12H13N3O4.C2H6/c1-12(11(16)17,9-5-3-2-4-6-9)14-7-10(13-8-14)15(18)19;1-2/h2-8,11,16-17H,1H3;1-2H3/t12-;/m1./s1. The summed E-state index contributed by atoms with van der Waals surface area (Å²) in [6.07, 6.45) is 0.653. The lowest BCUT2D eigenvalue weighted by Gasteiger charge is -2.32. The molecule has 21 heavy (non-hydrogen) atoms. The first-order valence-corrected chi connectivity index (χ1v) is 6.56. The third-order valence-corrected chi connectivity index (χ3v) is 3.15. The number of aliphatic hydroxyl groups is 2. The Morgan fingerprint density at radius 2 is 1.86 bits per heavy atom. The summed E-state index contributed by atoms with van der Waals surface area (Å²) in [4.78, 5) is 13.7. The van der Waals surface area contributed by atoms with Gasteiger partial charge in [0.25, 0.3) is 0 Å². The molecule has 1 aromatic carbocycles. The second kappa shape index (κ2) is 6.96. The van der Waals surface area contributed by atoms with Crippen molar-refractivity contribution in [3.05, 3.63) is 58.5 Å². The summed E-state index contributed by atoms with van der Waals surface area (Å²) in [7, 11) is 0. The Bertz CT molecular complexity index is 583. The topological polar surface area (TPSA) is 101 Å². The second-order valence-corrected chi connectivity index (χ2v) is 4.28. The van der Waals surface area contributed by atoms with E-state index in [4.69, 9.17) is 0 Å². The zero-order valence-electron chi connectivity index (χ0n) is 12.2. The summed E-state index contributed by atoms with van der Waals surface area (Å²) >= 11 is 0. The molecule has 2 N–H and O–H groups in total. The van der Waals surface area contributed by atoms with Crippen molar-refractivity contribution in [1.82, 2.24) is 9.55 Å². The first-order valence-electron chi connectivity index (χ1n) is 6.56. The molecular weight excluding hydrogens is 274 g/mol. The van der Waals surface area contributed by atoms with E-state index in [1.54, 1.807) is 37.3 Å². The Hall–Kier alpha value is -2.25. The monoisotopic (exact) mass is 293 g/mol. The Morgan fingerprint density at radius 1 is 1.29 bits per heavy atom. The smallest absolute Gasteiger partial charge is 0.366 e. The number of hydrogen-bond donors (Lipinski definition) is 2. The van der Waals surface area contributed by atoms with Crippen LogP contribution >= 0.6 is 0 Å². The maximum absolute atomic E-state index is 10.7. The summed E-state index contributed by atoms with van der Waals surface area (Å²) in [6, 6.07) is 8.73. The van der Waals surface area contributed by atoms with Gasteiger partial charge in [-0.1, -0.05) is 44.2 Å². The van der Waals surface area contributed by atoms with Crippen molar-refractivity contribution in [2.24, 2.45) is 0 Å². The van der Waals surface area contributed by atoms with Crippen LogP contribution in [0, 0.1) is 10.1 Å². The van der Waals surface area contributed by atoms with Crippen LogP contribution in [0.25, 0.3) is 0 Å². The van der Waals surface area contributed by atoms with Crippen LogP contribution in [0.4, 0.5) is 5.82 Å². The summed E-state index contributed by atoms with van der Waals surface area (Å²) in [5, 5.41) is 30.0. The van der Waals surface area contributed by atoms with E-state index in [1.807, 2.05) is 13.8 Å². The second-order valence-electron chi connectivity index (χ2n) is 4.28. The zero-order chi connectivity index (χ0) is 16.0. The normalized spacial score (nSPS) is 13.2. The zero-order valence-corrected chi connectivity index (χ0v) is 12.2. The molecule has 0 aliphatic rings. The lowest BCUT2D eigenvalue weighted by molar-refractivity contribution is -0.389. The van der Waals surface area contributed by atoms with Gasteiger partial charge in [-0.2, -0.15) is 0 Å². The molecule has 0 aliphatic carbocycles. The molecule has 0 spiro atoms. The van der Waals surface area contributed by atoms with Crippen molar-refractivity contribution in [2.75, 3.05) is 0 Å². The van der Waals surface area contributed by atoms with Crippen LogP contribution in [-0.4, -0.2) is 31.0 Å². The summed E-state index contributed by atoms with van der Waals surface area (Å²) in [5.74, 6) is -0.345. The fraction of sp³-hybridized carbons (Fsp3) is 0.357. The van der Waals surface area contributed by atoms with E-state index in [9.17, 15) is 20.3 Å². The lowest BCUT2D eigenvalue weighted by Crippen LogP contribution is -2.42. The lowest BCUT2D eigenvalue weighted by atomic mass is 9.91. The molecule has 0 aliphatic heterocycles. The molecule has 1 heterocycles. The number of hydrogen-bond acceptors (Lipinski definition) is 5. The molecule has 0 amide bonds. The molecule has 7 nitrogen and oxygen atoms in total. The van der Waals surface area contributed by atoms with Gasteiger partial charge in [0.2, 0.25) is 6.33 Å². The fourth-order valence-electron chi connectivity index (χ4n) is 1.87. The van der Waals surface area contributed by atoms with Gasteiger partial charge < -0.3 is 20.3 Å². The Kier molecular flexibility index (Phi) is 5.57. The van der Waals surface area contributed by atoms with Gasteiger partial charge in [0.15, 0.2) is 6.29 Å². The maximum atomic E-state index is 10.7. The summed E-state index contributed by atoms with van der Waals surface area (Å²) < 4.78 is 1.32. The van der Waals surface area contributed by atoms with E-state index < -0.39 is 16.8 Å². The van der Waals surface area contributed by atoms with Crippen LogP contribution < -0.4 is 0 Å². The van der Waals surface area contributed by atoms with E-state index in [2.05, 4.69) is 4.98 Å². The number of benzene rings is 1. The minimum atomic E-state index is -1.73. The highest BCUT2D eigenvalue weighted by molar-refractivity contribution is 5.27. The van der Waals surface area contributed by atoms with Gasteiger partial charge in [0.1, 0.15) is 11.7 Å². The van der Waals surface area contributed by atoms with Crippen molar-refractivity contribution in [3.63, 3.8) is 0 Å². The minimum Gasteiger partial charge on any atom is -0.366 e. The summed E-state index contributed by atoms with van der Waals surface area (Å²) in [5.41, 5.74) is -0.639. The number of imidazole rings is 1. The SMILES string of the molecule is CC.C[C@@](c1ccccc1)(C(O)O)n1cnc([N+](=O)[O-])c1. The van der Waals surface area contributed by atoms with E-state index in [-0.39, 0.29) is 5.82 Å². The van der Waals surface area contributed by atoms with E-state index >= 15 is 0 Å². The van der Waals surface area contributed by atoms with E-state index in [0.717, 1.165) is 0 Å². The molecule has 2 aromatic rings. The highest BCUT2D eigenvalue weighted by Gasteiger charge is 2.37. The fourth-order valence-corrected chi connectivity index (χ4v) is 1.87. The third kappa shape index (κ3) is 3.26. The number of aliphatic hydroxyl groups excluding tert-OH is 1. The molecule has 2 rings (SSSR count). The highest BCUT2D eigenvalue weighted by Crippen LogP contribution is 2.29. The van der Waals surface area contributed by atoms with E-state index in [0.29, 0.717) is 5.56 Å². The number of nitro groups is 1. The van der Waals surface area contributed by atoms with Gasteiger partial charge in [-0.05, 0) is 22.4 Å². The van der Waals surface area contributed by atoms with Crippen molar-refractivity contribution < 1.29 is 15.1 Å². The molecule has 0 radical (unpaired) electrons.